The standard InChI is InChI=1S/C17H10FN3O2/c18-10-4-3-5-11(8-10)21-9-19-15-14(20-23)12-6-1-2-7-13(12)17(22)16(15)21/h1-9,23H/b20-14+. The molecule has 1 heterocycles. The van der Waals surface area contributed by atoms with Crippen LogP contribution in [0.25, 0.3) is 5.69 Å². The lowest BCUT2D eigenvalue weighted by Crippen LogP contribution is -2.23. The van der Waals surface area contributed by atoms with E-state index in [9.17, 15) is 14.4 Å². The van der Waals surface area contributed by atoms with Crippen LogP contribution in [0.5, 0.6) is 0 Å². The van der Waals surface area contributed by atoms with E-state index in [4.69, 9.17) is 0 Å². The van der Waals surface area contributed by atoms with Gasteiger partial charge in [0.05, 0.1) is 5.69 Å². The molecule has 1 aromatic heterocycles. The number of imidazole rings is 1. The number of hydrogen-bond acceptors (Lipinski definition) is 4. The van der Waals surface area contributed by atoms with Crippen LogP contribution >= 0.6 is 0 Å². The average molecular weight is 307 g/mol. The zero-order chi connectivity index (χ0) is 16.0. The lowest BCUT2D eigenvalue weighted by Gasteiger charge is -2.17. The Morgan fingerprint density at radius 1 is 1.09 bits per heavy atom. The number of fused-ring (bicyclic) bond motifs is 2. The van der Waals surface area contributed by atoms with E-state index in [1.54, 1.807) is 36.4 Å². The molecule has 4 rings (SSSR count). The molecule has 0 aliphatic heterocycles. The Hall–Kier alpha value is -3.28. The van der Waals surface area contributed by atoms with Gasteiger partial charge in [-0.1, -0.05) is 35.5 Å². The molecule has 0 unspecified atom stereocenters. The molecule has 1 aliphatic rings. The van der Waals surface area contributed by atoms with Crippen LogP contribution in [0, 0.1) is 5.82 Å². The van der Waals surface area contributed by atoms with Gasteiger partial charge in [0.15, 0.2) is 0 Å². The fourth-order valence-corrected chi connectivity index (χ4v) is 2.80. The molecule has 0 saturated carbocycles. The fourth-order valence-electron chi connectivity index (χ4n) is 2.80. The quantitative estimate of drug-likeness (QED) is 0.434. The summed E-state index contributed by atoms with van der Waals surface area (Å²) in [5, 5.41) is 12.7. The van der Waals surface area contributed by atoms with Crippen molar-refractivity contribution in [3.8, 4) is 5.69 Å². The molecule has 0 spiro atoms. The second kappa shape index (κ2) is 4.88. The first-order valence-electron chi connectivity index (χ1n) is 6.90. The summed E-state index contributed by atoms with van der Waals surface area (Å²) in [4.78, 5) is 17.0. The summed E-state index contributed by atoms with van der Waals surface area (Å²) in [6, 6.07) is 12.7. The molecule has 0 amide bonds. The molecular weight excluding hydrogens is 297 g/mol. The third-order valence-electron chi connectivity index (χ3n) is 3.82. The minimum absolute atomic E-state index is 0.227. The molecule has 1 N–H and O–H groups in total. The highest BCUT2D eigenvalue weighted by molar-refractivity contribution is 6.28. The van der Waals surface area contributed by atoms with Gasteiger partial charge in [-0.15, -0.1) is 0 Å². The van der Waals surface area contributed by atoms with Crippen LogP contribution in [0.1, 0.15) is 27.3 Å². The van der Waals surface area contributed by atoms with Crippen molar-refractivity contribution in [3.63, 3.8) is 0 Å². The Labute approximate surface area is 130 Å². The molecule has 2 aromatic carbocycles. The van der Waals surface area contributed by atoms with Crippen molar-refractivity contribution < 1.29 is 14.4 Å². The first-order chi connectivity index (χ1) is 11.2. The second-order valence-electron chi connectivity index (χ2n) is 5.11. The summed E-state index contributed by atoms with van der Waals surface area (Å²) in [5.41, 5.74) is 2.18. The van der Waals surface area contributed by atoms with Crippen LogP contribution in [-0.2, 0) is 0 Å². The van der Waals surface area contributed by atoms with Crippen molar-refractivity contribution in [2.24, 2.45) is 5.16 Å². The Kier molecular flexibility index (Phi) is 2.84. The Balaban J connectivity index is 1.99. The Bertz CT molecular complexity index is 975. The third-order valence-corrected chi connectivity index (χ3v) is 3.82. The van der Waals surface area contributed by atoms with Gasteiger partial charge in [0, 0.05) is 11.1 Å². The van der Waals surface area contributed by atoms with E-state index in [0.29, 0.717) is 16.8 Å². The van der Waals surface area contributed by atoms with Gasteiger partial charge in [-0.3, -0.25) is 9.36 Å². The van der Waals surface area contributed by atoms with Gasteiger partial charge in [0.25, 0.3) is 0 Å². The summed E-state index contributed by atoms with van der Waals surface area (Å²) in [7, 11) is 0. The van der Waals surface area contributed by atoms with Gasteiger partial charge in [-0.25, -0.2) is 9.37 Å². The van der Waals surface area contributed by atoms with E-state index in [1.807, 2.05) is 0 Å². The van der Waals surface area contributed by atoms with Crippen molar-refractivity contribution in [2.45, 2.75) is 0 Å². The fraction of sp³-hybridized carbons (Fsp3) is 0. The third kappa shape index (κ3) is 1.88. The van der Waals surface area contributed by atoms with E-state index >= 15 is 0 Å². The predicted octanol–water partition coefficient (Wildman–Crippen LogP) is 2.78. The highest BCUT2D eigenvalue weighted by Crippen LogP contribution is 2.28. The number of carbonyl (C=O) groups excluding carboxylic acids is 1. The number of nitrogens with zero attached hydrogens (tertiary/aromatic N) is 3. The van der Waals surface area contributed by atoms with Gasteiger partial charge in [-0.05, 0) is 18.2 Å². The molecule has 0 atom stereocenters. The molecule has 6 heteroatoms. The summed E-state index contributed by atoms with van der Waals surface area (Å²) in [6.45, 7) is 0. The van der Waals surface area contributed by atoms with Gasteiger partial charge in [0.2, 0.25) is 5.78 Å². The van der Waals surface area contributed by atoms with Crippen LogP contribution in [-0.4, -0.2) is 26.3 Å². The zero-order valence-corrected chi connectivity index (χ0v) is 11.8. The smallest absolute Gasteiger partial charge is 0.212 e. The molecule has 0 saturated heterocycles. The van der Waals surface area contributed by atoms with Crippen LogP contribution in [0.3, 0.4) is 0 Å². The highest BCUT2D eigenvalue weighted by atomic mass is 19.1. The Morgan fingerprint density at radius 2 is 1.87 bits per heavy atom. The number of halogens is 1. The normalized spacial score (nSPS) is 14.7. The van der Waals surface area contributed by atoms with Crippen LogP contribution in [0.2, 0.25) is 0 Å². The van der Waals surface area contributed by atoms with Crippen molar-refractivity contribution >= 4 is 11.5 Å². The van der Waals surface area contributed by atoms with E-state index in [1.165, 1.54) is 23.0 Å². The number of benzene rings is 2. The first-order valence-corrected chi connectivity index (χ1v) is 6.90. The minimum atomic E-state index is -0.412. The highest BCUT2D eigenvalue weighted by Gasteiger charge is 2.33. The largest absolute Gasteiger partial charge is 0.410 e. The number of aromatic nitrogens is 2. The molecule has 0 fully saturated rings. The van der Waals surface area contributed by atoms with Crippen LogP contribution < -0.4 is 0 Å². The maximum atomic E-state index is 13.5. The SMILES string of the molecule is O=C1c2ccccc2/C(=N\O)c2ncn(-c3cccc(F)c3)c21. The number of oxime groups is 1. The van der Waals surface area contributed by atoms with Crippen molar-refractivity contribution in [2.75, 3.05) is 0 Å². The molecule has 5 nitrogen and oxygen atoms in total. The topological polar surface area (TPSA) is 67.5 Å². The summed E-state index contributed by atoms with van der Waals surface area (Å²) >= 11 is 0. The first kappa shape index (κ1) is 13.4. The van der Waals surface area contributed by atoms with Gasteiger partial charge in [-0.2, -0.15) is 0 Å². The van der Waals surface area contributed by atoms with Gasteiger partial charge in [0.1, 0.15) is 29.2 Å². The number of hydrogen-bond donors (Lipinski definition) is 1. The maximum Gasteiger partial charge on any atom is 0.212 e. The number of ketones is 1. The molecule has 0 bridgehead atoms. The molecule has 23 heavy (non-hydrogen) atoms. The maximum absolute atomic E-state index is 13.5. The molecule has 1 aliphatic carbocycles. The van der Waals surface area contributed by atoms with Gasteiger partial charge < -0.3 is 5.21 Å². The van der Waals surface area contributed by atoms with Crippen LogP contribution in [0.4, 0.5) is 4.39 Å². The lowest BCUT2D eigenvalue weighted by molar-refractivity contribution is 0.103. The summed E-state index contributed by atoms with van der Waals surface area (Å²) in [6.07, 6.45) is 1.42. The second-order valence-corrected chi connectivity index (χ2v) is 5.11. The minimum Gasteiger partial charge on any atom is -0.410 e. The van der Waals surface area contributed by atoms with Crippen LogP contribution in [0.15, 0.2) is 60.0 Å². The predicted molar refractivity (Wildman–Crippen MR) is 80.8 cm³/mol. The van der Waals surface area contributed by atoms with Crippen molar-refractivity contribution in [1.82, 2.24) is 9.55 Å². The van der Waals surface area contributed by atoms with Crippen molar-refractivity contribution in [3.05, 3.63) is 83.2 Å². The van der Waals surface area contributed by atoms with Crippen molar-refractivity contribution in [1.29, 1.82) is 0 Å². The number of carbonyl (C=O) groups is 1. The number of rotatable bonds is 1. The summed E-state index contributed by atoms with van der Waals surface area (Å²) < 4.78 is 15.0. The van der Waals surface area contributed by atoms with E-state index in [2.05, 4.69) is 10.1 Å². The van der Waals surface area contributed by atoms with E-state index in [0.717, 1.165) is 0 Å². The monoisotopic (exact) mass is 307 g/mol. The van der Waals surface area contributed by atoms with E-state index < -0.39 is 5.82 Å². The average Bonchev–Trinajstić information content (AvgIpc) is 3.01. The Morgan fingerprint density at radius 3 is 2.61 bits per heavy atom. The van der Waals surface area contributed by atoms with E-state index in [-0.39, 0.29) is 22.9 Å². The summed E-state index contributed by atoms with van der Waals surface area (Å²) in [5.74, 6) is -0.658. The van der Waals surface area contributed by atoms with Gasteiger partial charge >= 0.3 is 0 Å². The zero-order valence-electron chi connectivity index (χ0n) is 11.8. The molecular formula is C17H10FN3O2. The molecule has 0 radical (unpaired) electrons. The molecule has 112 valence electrons. The lowest BCUT2D eigenvalue weighted by atomic mass is 9.89. The molecule has 3 aromatic rings.